The van der Waals surface area contributed by atoms with Crippen LogP contribution >= 0.6 is 0 Å². The second-order valence-corrected chi connectivity index (χ2v) is 7.63. The number of carbonyl (C=O) groups is 1. The van der Waals surface area contributed by atoms with Crippen molar-refractivity contribution in [1.29, 1.82) is 0 Å². The van der Waals surface area contributed by atoms with Crippen LogP contribution in [0.1, 0.15) is 59.2 Å². The highest BCUT2D eigenvalue weighted by atomic mass is 19.4. The van der Waals surface area contributed by atoms with Crippen molar-refractivity contribution in [2.45, 2.75) is 43.5 Å². The zero-order valence-corrected chi connectivity index (χ0v) is 17.2. The molecule has 3 aromatic rings. The van der Waals surface area contributed by atoms with Gasteiger partial charge in [-0.2, -0.15) is 26.3 Å². The molecule has 0 saturated heterocycles. The molecule has 33 heavy (non-hydrogen) atoms. The van der Waals surface area contributed by atoms with Crippen LogP contribution < -0.4 is 0 Å². The van der Waals surface area contributed by atoms with Gasteiger partial charge < -0.3 is 9.52 Å². The monoisotopic (exact) mass is 471 g/mol. The average molecular weight is 471 g/mol. The fourth-order valence-corrected chi connectivity index (χ4v) is 3.72. The summed E-state index contributed by atoms with van der Waals surface area (Å²) < 4.78 is 82.9. The second kappa shape index (κ2) is 9.29. The topological polar surface area (TPSA) is 63.3 Å². The maximum atomic E-state index is 13.0. The van der Waals surface area contributed by atoms with E-state index < -0.39 is 47.2 Å². The van der Waals surface area contributed by atoms with Crippen LogP contribution in [0.3, 0.4) is 0 Å². The lowest BCUT2D eigenvalue weighted by atomic mass is 9.77. The van der Waals surface area contributed by atoms with Crippen molar-refractivity contribution in [1.82, 2.24) is 4.98 Å². The molecule has 3 atom stereocenters. The zero-order valence-electron chi connectivity index (χ0n) is 17.2. The fourth-order valence-electron chi connectivity index (χ4n) is 3.72. The fraction of sp³-hybridized carbons (Fsp3) is 0.304. The van der Waals surface area contributed by atoms with Crippen molar-refractivity contribution in [3.63, 3.8) is 0 Å². The molecule has 3 unspecified atom stereocenters. The van der Waals surface area contributed by atoms with E-state index in [4.69, 9.17) is 4.42 Å². The molecule has 176 valence electrons. The maximum Gasteiger partial charge on any atom is 0.416 e. The highest BCUT2D eigenvalue weighted by molar-refractivity contribution is 5.74. The predicted molar refractivity (Wildman–Crippen MR) is 106 cm³/mol. The van der Waals surface area contributed by atoms with Gasteiger partial charge in [-0.05, 0) is 53.6 Å². The molecular formula is C23H19F6NO3. The Morgan fingerprint density at radius 2 is 1.39 bits per heavy atom. The number of hydrogen-bond acceptors (Lipinski definition) is 3. The molecule has 0 aliphatic heterocycles. The van der Waals surface area contributed by atoms with Crippen molar-refractivity contribution in [3.8, 4) is 0 Å². The molecule has 0 spiro atoms. The summed E-state index contributed by atoms with van der Waals surface area (Å²) in [6.45, 7) is 1.68. The van der Waals surface area contributed by atoms with E-state index in [9.17, 15) is 36.2 Å². The third kappa shape index (κ3) is 5.74. The summed E-state index contributed by atoms with van der Waals surface area (Å²) in [4.78, 5) is 15.8. The number of carboxylic acid groups (broad SMARTS) is 1. The Morgan fingerprint density at radius 3 is 1.79 bits per heavy atom. The first kappa shape index (κ1) is 24.3. The van der Waals surface area contributed by atoms with Crippen LogP contribution in [0.2, 0.25) is 0 Å². The Bertz CT molecular complexity index is 1060. The zero-order chi connectivity index (χ0) is 24.4. The van der Waals surface area contributed by atoms with Crippen molar-refractivity contribution >= 4 is 5.97 Å². The first-order valence-electron chi connectivity index (χ1n) is 9.84. The Morgan fingerprint density at radius 1 is 0.909 bits per heavy atom. The van der Waals surface area contributed by atoms with Crippen LogP contribution in [0.15, 0.2) is 65.4 Å². The molecule has 3 rings (SSSR count). The molecule has 0 bridgehead atoms. The molecule has 0 amide bonds. The van der Waals surface area contributed by atoms with E-state index in [1.807, 2.05) is 0 Å². The van der Waals surface area contributed by atoms with Gasteiger partial charge in [-0.3, -0.25) is 4.79 Å². The summed E-state index contributed by atoms with van der Waals surface area (Å²) in [5, 5.41) is 9.70. The van der Waals surface area contributed by atoms with E-state index in [0.29, 0.717) is 11.1 Å². The molecule has 4 nitrogen and oxygen atoms in total. The van der Waals surface area contributed by atoms with Crippen LogP contribution in [0.5, 0.6) is 0 Å². The molecule has 1 heterocycles. The third-order valence-corrected chi connectivity index (χ3v) is 5.57. The summed E-state index contributed by atoms with van der Waals surface area (Å²) in [6.07, 6.45) is -6.68. The van der Waals surface area contributed by atoms with Crippen LogP contribution in [0.25, 0.3) is 0 Å². The van der Waals surface area contributed by atoms with Gasteiger partial charge in [0.25, 0.3) is 0 Å². The van der Waals surface area contributed by atoms with Crippen LogP contribution in [-0.2, 0) is 17.1 Å². The van der Waals surface area contributed by atoms with Crippen LogP contribution in [0, 0.1) is 0 Å². The van der Waals surface area contributed by atoms with Crippen LogP contribution in [0.4, 0.5) is 26.3 Å². The molecule has 0 fully saturated rings. The maximum absolute atomic E-state index is 13.0. The van der Waals surface area contributed by atoms with E-state index in [1.54, 1.807) is 6.92 Å². The lowest BCUT2D eigenvalue weighted by molar-refractivity contribution is -0.140. The van der Waals surface area contributed by atoms with Crippen LogP contribution in [-0.4, -0.2) is 16.1 Å². The Balaban J connectivity index is 1.99. The molecule has 0 aliphatic carbocycles. The van der Waals surface area contributed by atoms with Crippen molar-refractivity contribution < 1.29 is 40.7 Å². The van der Waals surface area contributed by atoms with Gasteiger partial charge in [0.15, 0.2) is 0 Å². The van der Waals surface area contributed by atoms with Gasteiger partial charge in [0.1, 0.15) is 12.2 Å². The number of hydrogen-bond donors (Lipinski definition) is 1. The molecule has 0 saturated carbocycles. The minimum atomic E-state index is -4.55. The number of carboxylic acids is 1. The number of nitrogens with zero attached hydrogens (tertiary/aromatic N) is 1. The van der Waals surface area contributed by atoms with Gasteiger partial charge in [0, 0.05) is 0 Å². The first-order chi connectivity index (χ1) is 15.4. The predicted octanol–water partition coefficient (Wildman–Crippen LogP) is 6.86. The third-order valence-electron chi connectivity index (χ3n) is 5.57. The first-order valence-corrected chi connectivity index (χ1v) is 9.84. The highest BCUT2D eigenvalue weighted by Crippen LogP contribution is 2.41. The molecule has 2 aromatic carbocycles. The van der Waals surface area contributed by atoms with Gasteiger partial charge in [0.2, 0.25) is 5.89 Å². The van der Waals surface area contributed by atoms with Gasteiger partial charge in [0.05, 0.1) is 17.3 Å². The van der Waals surface area contributed by atoms with E-state index in [1.165, 1.54) is 36.7 Å². The number of aromatic nitrogens is 1. The lowest BCUT2D eigenvalue weighted by Gasteiger charge is -2.27. The smallest absolute Gasteiger partial charge is 0.416 e. The minimum absolute atomic E-state index is 0.0703. The normalized spacial score (nSPS) is 15.1. The van der Waals surface area contributed by atoms with Crippen molar-refractivity contribution in [2.75, 3.05) is 0 Å². The van der Waals surface area contributed by atoms with Gasteiger partial charge in [-0.15, -0.1) is 0 Å². The standard InChI is InChI=1S/C23H19F6NO3/c1-13(14-2-6-16(7-3-14)22(24,25)26)18(12-19(21(31)32)20-30-10-11-33-20)15-4-8-17(9-5-15)23(27,28)29/h2-11,13,18-19H,12H2,1H3,(H,31,32). The Labute approximate surface area is 184 Å². The van der Waals surface area contributed by atoms with E-state index in [2.05, 4.69) is 4.98 Å². The van der Waals surface area contributed by atoms with Crippen molar-refractivity contribution in [3.05, 3.63) is 89.1 Å². The SMILES string of the molecule is CC(c1ccc(C(F)(F)F)cc1)C(CC(C(=O)O)c1ncco1)c1ccc(C(F)(F)F)cc1. The number of halogens is 6. The van der Waals surface area contributed by atoms with E-state index in [-0.39, 0.29) is 12.3 Å². The highest BCUT2D eigenvalue weighted by Gasteiger charge is 2.35. The minimum Gasteiger partial charge on any atom is -0.481 e. The Kier molecular flexibility index (Phi) is 6.85. The summed E-state index contributed by atoms with van der Waals surface area (Å²) in [5.41, 5.74) is -0.819. The number of alkyl halides is 6. The average Bonchev–Trinajstić information content (AvgIpc) is 3.27. The molecule has 10 heteroatoms. The molecular weight excluding hydrogens is 452 g/mol. The summed E-state index contributed by atoms with van der Waals surface area (Å²) in [5.74, 6) is -3.70. The Hall–Kier alpha value is -3.30. The van der Waals surface area contributed by atoms with Gasteiger partial charge in [-0.25, -0.2) is 4.98 Å². The van der Waals surface area contributed by atoms with Gasteiger partial charge >= 0.3 is 18.3 Å². The number of aliphatic carboxylic acids is 1. The van der Waals surface area contributed by atoms with Crippen molar-refractivity contribution in [2.24, 2.45) is 0 Å². The number of rotatable bonds is 7. The molecule has 0 aliphatic rings. The lowest BCUT2D eigenvalue weighted by Crippen LogP contribution is -2.19. The second-order valence-electron chi connectivity index (χ2n) is 7.63. The quantitative estimate of drug-likeness (QED) is 0.383. The van der Waals surface area contributed by atoms with Gasteiger partial charge in [-0.1, -0.05) is 31.2 Å². The summed E-state index contributed by atoms with van der Waals surface area (Å²) in [7, 11) is 0. The summed E-state index contributed by atoms with van der Waals surface area (Å²) in [6, 6.07) is 8.68. The van der Waals surface area contributed by atoms with E-state index >= 15 is 0 Å². The molecule has 1 N–H and O–H groups in total. The number of benzene rings is 2. The molecule has 0 radical (unpaired) electrons. The number of oxazole rings is 1. The molecule has 1 aromatic heterocycles. The largest absolute Gasteiger partial charge is 0.481 e. The summed E-state index contributed by atoms with van der Waals surface area (Å²) >= 11 is 0. The van der Waals surface area contributed by atoms with E-state index in [0.717, 1.165) is 24.3 Å².